The second kappa shape index (κ2) is 5.38. The molecular weight excluding hydrogens is 238 g/mol. The van der Waals surface area contributed by atoms with E-state index in [9.17, 15) is 5.11 Å². The van der Waals surface area contributed by atoms with Crippen molar-refractivity contribution < 1.29 is 5.11 Å². The minimum Gasteiger partial charge on any atom is -0.396 e. The van der Waals surface area contributed by atoms with Gasteiger partial charge in [0, 0.05) is 26.7 Å². The van der Waals surface area contributed by atoms with Crippen LogP contribution in [-0.2, 0) is 13.6 Å². The van der Waals surface area contributed by atoms with Crippen LogP contribution in [0, 0.1) is 12.8 Å². The Balaban J connectivity index is 2.05. The van der Waals surface area contributed by atoms with E-state index in [0.29, 0.717) is 5.92 Å². The Labute approximate surface area is 107 Å². The molecule has 0 spiro atoms. The highest BCUT2D eigenvalue weighted by molar-refractivity contribution is 6.31. The van der Waals surface area contributed by atoms with Gasteiger partial charge in [-0.1, -0.05) is 11.6 Å². The zero-order valence-electron chi connectivity index (χ0n) is 10.5. The molecule has 1 aliphatic rings. The number of hydrogen-bond donors (Lipinski definition) is 1. The van der Waals surface area contributed by atoms with E-state index in [1.165, 1.54) is 0 Å². The molecule has 5 heteroatoms. The number of hydrogen-bond acceptors (Lipinski definition) is 3. The second-order valence-electron chi connectivity index (χ2n) is 4.90. The summed E-state index contributed by atoms with van der Waals surface area (Å²) in [6.07, 6.45) is 2.28. The molecule has 0 bridgehead atoms. The molecule has 0 aromatic carbocycles. The molecule has 0 radical (unpaired) electrons. The first-order valence-corrected chi connectivity index (χ1v) is 6.50. The normalized spacial score (nSPS) is 22.0. The molecule has 1 aromatic rings. The van der Waals surface area contributed by atoms with Crippen LogP contribution in [0.3, 0.4) is 0 Å². The van der Waals surface area contributed by atoms with E-state index in [1.54, 1.807) is 0 Å². The smallest absolute Gasteiger partial charge is 0.0860 e. The molecule has 1 aromatic heterocycles. The number of piperidine rings is 1. The van der Waals surface area contributed by atoms with Gasteiger partial charge < -0.3 is 5.11 Å². The van der Waals surface area contributed by atoms with Crippen LogP contribution in [0.1, 0.15) is 24.2 Å². The molecular formula is C12H20ClN3O. The molecule has 1 saturated heterocycles. The monoisotopic (exact) mass is 257 g/mol. The number of aromatic nitrogens is 2. The van der Waals surface area contributed by atoms with Crippen molar-refractivity contribution in [2.24, 2.45) is 13.0 Å². The Morgan fingerprint density at radius 2 is 2.29 bits per heavy atom. The summed E-state index contributed by atoms with van der Waals surface area (Å²) in [7, 11) is 1.93. The Kier molecular flexibility index (Phi) is 4.07. The number of nitrogens with zero attached hydrogens (tertiary/aromatic N) is 3. The van der Waals surface area contributed by atoms with Crippen LogP contribution in [0.15, 0.2) is 0 Å². The Morgan fingerprint density at radius 1 is 1.53 bits per heavy atom. The lowest BCUT2D eigenvalue weighted by atomic mass is 9.99. The molecule has 0 amide bonds. The third kappa shape index (κ3) is 2.81. The summed E-state index contributed by atoms with van der Waals surface area (Å²) in [4.78, 5) is 2.35. The van der Waals surface area contributed by atoms with Crippen LogP contribution < -0.4 is 0 Å². The molecule has 1 N–H and O–H groups in total. The van der Waals surface area contributed by atoms with Crippen LogP contribution in [0.2, 0.25) is 5.02 Å². The van der Waals surface area contributed by atoms with Crippen LogP contribution in [0.5, 0.6) is 0 Å². The minimum atomic E-state index is 0.286. The molecule has 17 heavy (non-hydrogen) atoms. The number of aliphatic hydroxyl groups excluding tert-OH is 1. The lowest BCUT2D eigenvalue weighted by Gasteiger charge is -2.31. The van der Waals surface area contributed by atoms with E-state index in [2.05, 4.69) is 10.00 Å². The lowest BCUT2D eigenvalue weighted by molar-refractivity contribution is 0.114. The Bertz CT molecular complexity index is 391. The summed E-state index contributed by atoms with van der Waals surface area (Å²) in [6.45, 7) is 5.08. The third-order valence-corrected chi connectivity index (χ3v) is 3.99. The summed E-state index contributed by atoms with van der Waals surface area (Å²) in [5.74, 6) is 0.414. The number of rotatable bonds is 3. The maximum absolute atomic E-state index is 9.22. The average molecular weight is 258 g/mol. The first kappa shape index (κ1) is 12.9. The third-order valence-electron chi connectivity index (χ3n) is 3.50. The molecule has 1 unspecified atom stereocenters. The molecule has 96 valence electrons. The van der Waals surface area contributed by atoms with Gasteiger partial charge in [0.2, 0.25) is 0 Å². The van der Waals surface area contributed by atoms with Crippen molar-refractivity contribution >= 4 is 11.6 Å². The summed E-state index contributed by atoms with van der Waals surface area (Å²) >= 11 is 6.24. The van der Waals surface area contributed by atoms with E-state index >= 15 is 0 Å². The van der Waals surface area contributed by atoms with Crippen molar-refractivity contribution in [2.45, 2.75) is 26.3 Å². The fraction of sp³-hybridized carbons (Fsp3) is 0.750. The van der Waals surface area contributed by atoms with Crippen LogP contribution >= 0.6 is 11.6 Å². The van der Waals surface area contributed by atoms with E-state index < -0.39 is 0 Å². The van der Waals surface area contributed by atoms with Crippen LogP contribution in [-0.4, -0.2) is 39.5 Å². The van der Waals surface area contributed by atoms with Crippen molar-refractivity contribution in [2.75, 3.05) is 19.7 Å². The predicted octanol–water partition coefficient (Wildman–Crippen LogP) is 1.59. The van der Waals surface area contributed by atoms with Gasteiger partial charge in [-0.25, -0.2) is 0 Å². The standard InChI is InChI=1S/C12H20ClN3O/c1-9-12(13)11(15(2)14-9)7-16-5-3-4-10(6-16)8-17/h10,17H,3-8H2,1-2H3. The summed E-state index contributed by atoms with van der Waals surface area (Å²) in [5.41, 5.74) is 1.96. The van der Waals surface area contributed by atoms with E-state index in [1.807, 2.05) is 18.7 Å². The number of halogens is 1. The number of aliphatic hydroxyl groups is 1. The highest BCUT2D eigenvalue weighted by Gasteiger charge is 2.21. The molecule has 0 aliphatic carbocycles. The first-order chi connectivity index (χ1) is 8.11. The van der Waals surface area contributed by atoms with Gasteiger partial charge in [-0.05, 0) is 32.2 Å². The van der Waals surface area contributed by atoms with Crippen molar-refractivity contribution in [3.63, 3.8) is 0 Å². The number of likely N-dealkylation sites (tertiary alicyclic amines) is 1. The average Bonchev–Trinajstić information content (AvgIpc) is 2.56. The number of aryl methyl sites for hydroxylation is 2. The highest BCUT2D eigenvalue weighted by Crippen LogP contribution is 2.23. The fourth-order valence-electron chi connectivity index (χ4n) is 2.51. The van der Waals surface area contributed by atoms with Gasteiger partial charge in [-0.2, -0.15) is 5.10 Å². The molecule has 4 nitrogen and oxygen atoms in total. The topological polar surface area (TPSA) is 41.3 Å². The zero-order valence-corrected chi connectivity index (χ0v) is 11.2. The SMILES string of the molecule is Cc1nn(C)c(CN2CCCC(CO)C2)c1Cl. The zero-order chi connectivity index (χ0) is 12.4. The maximum atomic E-state index is 9.22. The molecule has 1 atom stereocenters. The Hall–Kier alpha value is -0.580. The van der Waals surface area contributed by atoms with Crippen molar-refractivity contribution in [3.05, 3.63) is 16.4 Å². The highest BCUT2D eigenvalue weighted by atomic mass is 35.5. The van der Waals surface area contributed by atoms with Gasteiger partial charge in [-0.3, -0.25) is 9.58 Å². The molecule has 2 rings (SSSR count). The van der Waals surface area contributed by atoms with Crippen LogP contribution in [0.4, 0.5) is 0 Å². The molecule has 1 aliphatic heterocycles. The van der Waals surface area contributed by atoms with Gasteiger partial charge in [0.15, 0.2) is 0 Å². The first-order valence-electron chi connectivity index (χ1n) is 6.13. The molecule has 1 fully saturated rings. The summed E-state index contributed by atoms with van der Waals surface area (Å²) in [5, 5.41) is 14.3. The quantitative estimate of drug-likeness (QED) is 0.894. The van der Waals surface area contributed by atoms with E-state index in [0.717, 1.165) is 48.9 Å². The van der Waals surface area contributed by atoms with Gasteiger partial charge in [-0.15, -0.1) is 0 Å². The van der Waals surface area contributed by atoms with Crippen LogP contribution in [0.25, 0.3) is 0 Å². The van der Waals surface area contributed by atoms with Gasteiger partial charge in [0.05, 0.1) is 16.4 Å². The van der Waals surface area contributed by atoms with E-state index in [-0.39, 0.29) is 6.61 Å². The van der Waals surface area contributed by atoms with Crippen molar-refractivity contribution in [1.29, 1.82) is 0 Å². The largest absolute Gasteiger partial charge is 0.396 e. The lowest BCUT2D eigenvalue weighted by Crippen LogP contribution is -2.36. The maximum Gasteiger partial charge on any atom is 0.0860 e. The summed E-state index contributed by atoms with van der Waals surface area (Å²) < 4.78 is 1.86. The molecule has 2 heterocycles. The minimum absolute atomic E-state index is 0.286. The molecule has 0 saturated carbocycles. The van der Waals surface area contributed by atoms with Gasteiger partial charge >= 0.3 is 0 Å². The van der Waals surface area contributed by atoms with Gasteiger partial charge in [0.1, 0.15) is 0 Å². The van der Waals surface area contributed by atoms with Gasteiger partial charge in [0.25, 0.3) is 0 Å². The Morgan fingerprint density at radius 3 is 2.88 bits per heavy atom. The summed E-state index contributed by atoms with van der Waals surface area (Å²) in [6, 6.07) is 0. The predicted molar refractivity (Wildman–Crippen MR) is 68.0 cm³/mol. The van der Waals surface area contributed by atoms with Crippen molar-refractivity contribution in [3.8, 4) is 0 Å². The fourth-order valence-corrected chi connectivity index (χ4v) is 2.73. The van der Waals surface area contributed by atoms with Crippen molar-refractivity contribution in [1.82, 2.24) is 14.7 Å². The van der Waals surface area contributed by atoms with E-state index in [4.69, 9.17) is 11.6 Å². The second-order valence-corrected chi connectivity index (χ2v) is 5.27.